The molecule has 3 nitrogen and oxygen atoms in total. The SMILES string of the molecule is CN1CCCC(C#N)(NCc2cccs2)CC1. The van der Waals surface area contributed by atoms with Crippen LogP contribution in [-0.2, 0) is 6.54 Å². The molecule has 1 aromatic rings. The molecule has 0 amide bonds. The van der Waals surface area contributed by atoms with Crippen LogP contribution in [0.3, 0.4) is 0 Å². The Balaban J connectivity index is 1.97. The molecule has 0 radical (unpaired) electrons. The van der Waals surface area contributed by atoms with E-state index < -0.39 is 0 Å². The molecule has 17 heavy (non-hydrogen) atoms. The number of nitriles is 1. The van der Waals surface area contributed by atoms with Gasteiger partial charge in [0, 0.05) is 18.0 Å². The summed E-state index contributed by atoms with van der Waals surface area (Å²) in [5.74, 6) is 0. The van der Waals surface area contributed by atoms with Gasteiger partial charge in [0.15, 0.2) is 0 Å². The van der Waals surface area contributed by atoms with Gasteiger partial charge in [0.2, 0.25) is 0 Å². The Hall–Kier alpha value is -0.890. The van der Waals surface area contributed by atoms with E-state index in [0.717, 1.165) is 38.9 Å². The van der Waals surface area contributed by atoms with Crippen LogP contribution in [0.5, 0.6) is 0 Å². The molecule has 2 heterocycles. The van der Waals surface area contributed by atoms with E-state index in [1.54, 1.807) is 11.3 Å². The number of likely N-dealkylation sites (tertiary alicyclic amines) is 1. The highest BCUT2D eigenvalue weighted by Crippen LogP contribution is 2.22. The van der Waals surface area contributed by atoms with Gasteiger partial charge in [-0.3, -0.25) is 5.32 Å². The minimum Gasteiger partial charge on any atom is -0.306 e. The van der Waals surface area contributed by atoms with Crippen molar-refractivity contribution in [2.75, 3.05) is 20.1 Å². The molecule has 1 aliphatic heterocycles. The minimum atomic E-state index is -0.325. The molecular formula is C13H19N3S. The summed E-state index contributed by atoms with van der Waals surface area (Å²) < 4.78 is 0. The fraction of sp³-hybridized carbons (Fsp3) is 0.615. The molecular weight excluding hydrogens is 230 g/mol. The highest BCUT2D eigenvalue weighted by Gasteiger charge is 2.31. The van der Waals surface area contributed by atoms with Gasteiger partial charge in [-0.05, 0) is 44.3 Å². The summed E-state index contributed by atoms with van der Waals surface area (Å²) in [7, 11) is 2.13. The van der Waals surface area contributed by atoms with Gasteiger partial charge >= 0.3 is 0 Å². The molecule has 1 aromatic heterocycles. The first-order valence-electron chi connectivity index (χ1n) is 6.11. The normalized spacial score (nSPS) is 26.4. The molecule has 2 rings (SSSR count). The fourth-order valence-corrected chi connectivity index (χ4v) is 2.91. The second-order valence-electron chi connectivity index (χ2n) is 4.78. The largest absolute Gasteiger partial charge is 0.306 e. The first kappa shape index (κ1) is 12.6. The van der Waals surface area contributed by atoms with Crippen LogP contribution in [0.1, 0.15) is 24.1 Å². The average molecular weight is 249 g/mol. The van der Waals surface area contributed by atoms with Crippen LogP contribution in [0.2, 0.25) is 0 Å². The smallest absolute Gasteiger partial charge is 0.108 e. The van der Waals surface area contributed by atoms with E-state index in [1.165, 1.54) is 4.88 Å². The fourth-order valence-electron chi connectivity index (χ4n) is 2.27. The maximum atomic E-state index is 9.45. The molecule has 1 N–H and O–H groups in total. The lowest BCUT2D eigenvalue weighted by Crippen LogP contribution is -2.44. The van der Waals surface area contributed by atoms with Crippen molar-refractivity contribution in [1.29, 1.82) is 5.26 Å². The van der Waals surface area contributed by atoms with Crippen molar-refractivity contribution < 1.29 is 0 Å². The summed E-state index contributed by atoms with van der Waals surface area (Å²) in [5.41, 5.74) is -0.325. The van der Waals surface area contributed by atoms with E-state index in [0.29, 0.717) is 0 Å². The maximum absolute atomic E-state index is 9.45. The standard InChI is InChI=1S/C13H19N3S/c1-16-7-3-5-13(11-14,6-8-16)15-10-12-4-2-9-17-12/h2,4,9,15H,3,5-8,10H2,1H3. The van der Waals surface area contributed by atoms with E-state index in [9.17, 15) is 5.26 Å². The Morgan fingerprint density at radius 2 is 2.41 bits per heavy atom. The topological polar surface area (TPSA) is 39.1 Å². The minimum absolute atomic E-state index is 0.325. The van der Waals surface area contributed by atoms with Crippen molar-refractivity contribution in [2.45, 2.75) is 31.3 Å². The third kappa shape index (κ3) is 3.29. The van der Waals surface area contributed by atoms with E-state index in [4.69, 9.17) is 0 Å². The van der Waals surface area contributed by atoms with Gasteiger partial charge in [0.05, 0.1) is 6.07 Å². The second-order valence-corrected chi connectivity index (χ2v) is 5.82. The van der Waals surface area contributed by atoms with Gasteiger partial charge in [-0.15, -0.1) is 11.3 Å². The summed E-state index contributed by atoms with van der Waals surface area (Å²) in [6.45, 7) is 2.92. The van der Waals surface area contributed by atoms with Crippen LogP contribution < -0.4 is 5.32 Å². The number of hydrogen-bond acceptors (Lipinski definition) is 4. The summed E-state index contributed by atoms with van der Waals surface area (Å²) in [4.78, 5) is 3.61. The summed E-state index contributed by atoms with van der Waals surface area (Å²) in [5, 5.41) is 15.0. The Morgan fingerprint density at radius 3 is 3.12 bits per heavy atom. The number of hydrogen-bond donors (Lipinski definition) is 1. The maximum Gasteiger partial charge on any atom is 0.108 e. The zero-order chi connectivity index (χ0) is 12.1. The molecule has 0 aromatic carbocycles. The van der Waals surface area contributed by atoms with Crippen molar-refractivity contribution in [2.24, 2.45) is 0 Å². The first-order valence-corrected chi connectivity index (χ1v) is 6.99. The second kappa shape index (κ2) is 5.63. The van der Waals surface area contributed by atoms with E-state index in [1.807, 2.05) is 0 Å². The predicted octanol–water partition coefficient (Wildman–Crippen LogP) is 2.22. The van der Waals surface area contributed by atoms with Crippen molar-refractivity contribution in [3.8, 4) is 6.07 Å². The van der Waals surface area contributed by atoms with Crippen LogP contribution >= 0.6 is 11.3 Å². The zero-order valence-electron chi connectivity index (χ0n) is 10.3. The van der Waals surface area contributed by atoms with Crippen LogP contribution in [0, 0.1) is 11.3 Å². The molecule has 1 atom stereocenters. The lowest BCUT2D eigenvalue weighted by Gasteiger charge is -2.26. The Labute approximate surface area is 107 Å². The van der Waals surface area contributed by atoms with Crippen LogP contribution in [0.15, 0.2) is 17.5 Å². The Bertz CT molecular complexity index is 382. The van der Waals surface area contributed by atoms with Crippen LogP contribution in [0.4, 0.5) is 0 Å². The van der Waals surface area contributed by atoms with Crippen LogP contribution in [0.25, 0.3) is 0 Å². The third-order valence-corrected chi connectivity index (χ3v) is 4.34. The summed E-state index contributed by atoms with van der Waals surface area (Å²) in [6.07, 6.45) is 2.98. The molecule has 0 aliphatic carbocycles. The van der Waals surface area contributed by atoms with E-state index in [2.05, 4.69) is 40.8 Å². The summed E-state index contributed by atoms with van der Waals surface area (Å²) >= 11 is 1.74. The quantitative estimate of drug-likeness (QED) is 0.892. The van der Waals surface area contributed by atoms with Gasteiger partial charge in [-0.25, -0.2) is 0 Å². The first-order chi connectivity index (χ1) is 8.24. The summed E-state index contributed by atoms with van der Waals surface area (Å²) in [6, 6.07) is 6.68. The molecule has 0 spiro atoms. The molecule has 0 bridgehead atoms. The number of rotatable bonds is 3. The zero-order valence-corrected chi connectivity index (χ0v) is 11.1. The molecule has 1 aliphatic rings. The molecule has 92 valence electrons. The third-order valence-electron chi connectivity index (χ3n) is 3.46. The number of nitrogens with one attached hydrogen (secondary N) is 1. The van der Waals surface area contributed by atoms with Crippen molar-refractivity contribution in [3.05, 3.63) is 22.4 Å². The van der Waals surface area contributed by atoms with Gasteiger partial charge in [-0.1, -0.05) is 6.07 Å². The molecule has 1 fully saturated rings. The Kier molecular flexibility index (Phi) is 4.16. The van der Waals surface area contributed by atoms with Crippen molar-refractivity contribution in [3.63, 3.8) is 0 Å². The van der Waals surface area contributed by atoms with Crippen LogP contribution in [-0.4, -0.2) is 30.6 Å². The monoisotopic (exact) mass is 249 g/mol. The van der Waals surface area contributed by atoms with Gasteiger partial charge in [0.25, 0.3) is 0 Å². The van der Waals surface area contributed by atoms with Gasteiger partial charge in [-0.2, -0.15) is 5.26 Å². The molecule has 1 saturated heterocycles. The van der Waals surface area contributed by atoms with Gasteiger partial charge < -0.3 is 4.90 Å². The highest BCUT2D eigenvalue weighted by atomic mass is 32.1. The van der Waals surface area contributed by atoms with Gasteiger partial charge in [0.1, 0.15) is 5.54 Å². The van der Waals surface area contributed by atoms with Crippen molar-refractivity contribution >= 4 is 11.3 Å². The molecule has 1 unspecified atom stereocenters. The number of thiophene rings is 1. The molecule has 0 saturated carbocycles. The Morgan fingerprint density at radius 1 is 1.53 bits per heavy atom. The van der Waals surface area contributed by atoms with Crippen molar-refractivity contribution in [1.82, 2.24) is 10.2 Å². The highest BCUT2D eigenvalue weighted by molar-refractivity contribution is 7.09. The molecule has 4 heteroatoms. The predicted molar refractivity (Wildman–Crippen MR) is 70.9 cm³/mol. The lowest BCUT2D eigenvalue weighted by molar-refractivity contribution is 0.326. The number of nitrogens with zero attached hydrogens (tertiary/aromatic N) is 2. The van der Waals surface area contributed by atoms with E-state index >= 15 is 0 Å². The lowest BCUT2D eigenvalue weighted by atomic mass is 9.92. The average Bonchev–Trinajstić information content (AvgIpc) is 2.79. The van der Waals surface area contributed by atoms with E-state index in [-0.39, 0.29) is 5.54 Å².